The van der Waals surface area contributed by atoms with Gasteiger partial charge in [0.2, 0.25) is 0 Å². The van der Waals surface area contributed by atoms with Crippen molar-refractivity contribution in [3.63, 3.8) is 0 Å². The molecular weight excluding hydrogens is 78.1 g/mol. The van der Waals surface area contributed by atoms with Gasteiger partial charge in [0, 0.05) is 12.2 Å². The van der Waals surface area contributed by atoms with Gasteiger partial charge in [-0.05, 0) is 0 Å². The van der Waals surface area contributed by atoms with E-state index in [1.807, 2.05) is 0 Å². The standard InChI is InChI=1S/C3H5N3/c1-3(5)6-2-4/h1H3,(H2,5,6)/p+1. The molecule has 0 aliphatic heterocycles. The first-order valence-corrected chi connectivity index (χ1v) is 1.51. The fourth-order valence-corrected chi connectivity index (χ4v) is 0.0882. The van der Waals surface area contributed by atoms with Crippen molar-refractivity contribution in [1.82, 2.24) is 0 Å². The second kappa shape index (κ2) is 2.21. The summed E-state index contributed by atoms with van der Waals surface area (Å²) in [5, 5.41) is 7.77. The Labute approximate surface area is 36.1 Å². The van der Waals surface area contributed by atoms with Crippen LogP contribution in [0.5, 0.6) is 0 Å². The van der Waals surface area contributed by atoms with Crippen molar-refractivity contribution >= 4 is 5.84 Å². The van der Waals surface area contributed by atoms with Gasteiger partial charge in [-0.2, -0.15) is 4.99 Å². The van der Waals surface area contributed by atoms with Gasteiger partial charge in [0.25, 0.3) is 0 Å². The van der Waals surface area contributed by atoms with E-state index in [4.69, 9.17) is 11.0 Å². The van der Waals surface area contributed by atoms with E-state index >= 15 is 0 Å². The Morgan fingerprint density at radius 1 is 2.00 bits per heavy atom. The Morgan fingerprint density at radius 2 is 2.50 bits per heavy atom. The van der Waals surface area contributed by atoms with Gasteiger partial charge in [-0.3, -0.25) is 0 Å². The molecule has 0 aromatic carbocycles. The van der Waals surface area contributed by atoms with E-state index in [9.17, 15) is 0 Å². The molecule has 0 aliphatic carbocycles. The lowest BCUT2D eigenvalue weighted by atomic mass is 10.7. The first-order chi connectivity index (χ1) is 2.77. The fourth-order valence-electron chi connectivity index (χ4n) is 0.0882. The largest absolute Gasteiger partial charge is 0.367 e. The van der Waals surface area contributed by atoms with Crippen LogP contribution in [0, 0.1) is 11.5 Å². The van der Waals surface area contributed by atoms with Crippen LogP contribution in [0.15, 0.2) is 0 Å². The highest BCUT2D eigenvalue weighted by molar-refractivity contribution is 5.71. The molecule has 0 unspecified atom stereocenters. The first-order valence-electron chi connectivity index (χ1n) is 1.51. The van der Waals surface area contributed by atoms with E-state index in [-0.39, 0.29) is 0 Å². The van der Waals surface area contributed by atoms with Crippen molar-refractivity contribution in [3.8, 4) is 6.19 Å². The van der Waals surface area contributed by atoms with Crippen LogP contribution < -0.4 is 10.7 Å². The van der Waals surface area contributed by atoms with Crippen molar-refractivity contribution in [2.75, 3.05) is 0 Å². The summed E-state index contributed by atoms with van der Waals surface area (Å²) in [5.41, 5.74) is 4.99. The van der Waals surface area contributed by atoms with E-state index in [2.05, 4.69) is 4.99 Å². The summed E-state index contributed by atoms with van der Waals surface area (Å²) in [4.78, 5) is 2.21. The summed E-state index contributed by atoms with van der Waals surface area (Å²) in [6.07, 6.45) is 1.66. The smallest absolute Gasteiger partial charge is 0.322 e. The lowest BCUT2D eigenvalue weighted by Gasteiger charge is -1.67. The number of nitrogens with zero attached hydrogens (tertiary/aromatic N) is 1. The monoisotopic (exact) mass is 84.1 g/mol. The molecule has 0 atom stereocenters. The summed E-state index contributed by atoms with van der Waals surface area (Å²) < 4.78 is 0. The second-order valence-corrected chi connectivity index (χ2v) is 0.920. The molecule has 0 heterocycles. The quantitative estimate of drug-likeness (QED) is 0.153. The first kappa shape index (κ1) is 4.96. The Balaban J connectivity index is 3.51. The number of nitrogens with one attached hydrogen (secondary N) is 1. The fraction of sp³-hybridized carbons (Fsp3) is 0.333. The highest BCUT2D eigenvalue weighted by atomic mass is 14.8. The lowest BCUT2D eigenvalue weighted by Crippen LogP contribution is -2.68. The van der Waals surface area contributed by atoms with Crippen LogP contribution >= 0.6 is 0 Å². The summed E-state index contributed by atoms with van der Waals surface area (Å²) >= 11 is 0. The summed E-state index contributed by atoms with van der Waals surface area (Å²) in [7, 11) is 0. The predicted octanol–water partition coefficient (Wildman–Crippen LogP) is -2.07. The molecule has 0 saturated heterocycles. The topological polar surface area (TPSA) is 63.8 Å². The van der Waals surface area contributed by atoms with E-state index in [1.165, 1.54) is 0 Å². The highest BCUT2D eigenvalue weighted by Crippen LogP contribution is 1.27. The Morgan fingerprint density at radius 3 is 2.50 bits per heavy atom. The van der Waals surface area contributed by atoms with Crippen LogP contribution in [0.25, 0.3) is 0 Å². The molecule has 0 aromatic rings. The van der Waals surface area contributed by atoms with E-state index in [0.29, 0.717) is 5.84 Å². The number of nitrogens with two attached hydrogens (primary N) is 1. The number of amidine groups is 1. The minimum Gasteiger partial charge on any atom is -0.322 e. The van der Waals surface area contributed by atoms with Crippen molar-refractivity contribution in [1.29, 1.82) is 5.26 Å². The number of nitriles is 1. The molecule has 3 nitrogen and oxygen atoms in total. The Bertz CT molecular complexity index is 93.1. The van der Waals surface area contributed by atoms with Gasteiger partial charge in [-0.15, -0.1) is 0 Å². The molecule has 3 N–H and O–H groups in total. The van der Waals surface area contributed by atoms with Crippen molar-refractivity contribution in [3.05, 3.63) is 0 Å². The van der Waals surface area contributed by atoms with E-state index in [0.717, 1.165) is 0 Å². The maximum Gasteiger partial charge on any atom is 0.367 e. The van der Waals surface area contributed by atoms with Crippen LogP contribution in [-0.2, 0) is 0 Å². The molecule has 3 heteroatoms. The number of hydrogen-bond acceptors (Lipinski definition) is 1. The maximum absolute atomic E-state index is 7.77. The van der Waals surface area contributed by atoms with Gasteiger partial charge >= 0.3 is 6.19 Å². The van der Waals surface area contributed by atoms with Gasteiger partial charge in [-0.25, -0.2) is 0 Å². The van der Waals surface area contributed by atoms with Gasteiger partial charge in [0.05, 0.1) is 0 Å². The maximum atomic E-state index is 7.77. The summed E-state index contributed by atoms with van der Waals surface area (Å²) in [6, 6.07) is 0. The molecule has 32 valence electrons. The second-order valence-electron chi connectivity index (χ2n) is 0.920. The predicted molar refractivity (Wildman–Crippen MR) is 21.4 cm³/mol. The zero-order valence-electron chi connectivity index (χ0n) is 3.52. The molecule has 0 aromatic heterocycles. The van der Waals surface area contributed by atoms with Crippen molar-refractivity contribution in [2.45, 2.75) is 6.92 Å². The molecule has 0 spiro atoms. The number of hydrogen-bond donors (Lipinski definition) is 2. The van der Waals surface area contributed by atoms with Gasteiger partial charge < -0.3 is 5.73 Å². The molecule has 6 heavy (non-hydrogen) atoms. The van der Waals surface area contributed by atoms with Crippen molar-refractivity contribution < 1.29 is 4.99 Å². The van der Waals surface area contributed by atoms with E-state index < -0.39 is 0 Å². The van der Waals surface area contributed by atoms with Crippen LogP contribution in [0.4, 0.5) is 0 Å². The van der Waals surface area contributed by atoms with Gasteiger partial charge in [0.1, 0.15) is 0 Å². The number of rotatable bonds is 0. The SMILES string of the molecule is CC(N)=[NH+]C#N. The Hall–Kier alpha value is -1.04. The lowest BCUT2D eigenvalue weighted by molar-refractivity contribution is -0.353. The van der Waals surface area contributed by atoms with Crippen LogP contribution in [0.2, 0.25) is 0 Å². The highest BCUT2D eigenvalue weighted by Gasteiger charge is 1.74. The zero-order valence-corrected chi connectivity index (χ0v) is 3.52. The van der Waals surface area contributed by atoms with Crippen LogP contribution in [0.1, 0.15) is 6.92 Å². The average molecular weight is 84.1 g/mol. The summed E-state index contributed by atoms with van der Waals surface area (Å²) in [5.74, 6) is 0.428. The molecule has 0 fully saturated rings. The summed E-state index contributed by atoms with van der Waals surface area (Å²) in [6.45, 7) is 1.61. The third kappa shape index (κ3) is 2.96. The average Bonchev–Trinajstić information content (AvgIpc) is 1.35. The molecule has 0 amide bonds. The van der Waals surface area contributed by atoms with Crippen molar-refractivity contribution in [2.24, 2.45) is 5.73 Å². The Kier molecular flexibility index (Phi) is 1.83. The van der Waals surface area contributed by atoms with Gasteiger partial charge in [0.15, 0.2) is 5.84 Å². The zero-order chi connectivity index (χ0) is 4.99. The minimum atomic E-state index is 0.428. The third-order valence-electron chi connectivity index (χ3n) is 0.253. The normalized spacial score (nSPS) is 10.3. The van der Waals surface area contributed by atoms with Gasteiger partial charge in [-0.1, -0.05) is 0 Å². The minimum absolute atomic E-state index is 0.428. The molecule has 0 rings (SSSR count). The molecular formula is C3H6N3+. The molecule has 0 saturated carbocycles. The molecule has 0 bridgehead atoms. The van der Waals surface area contributed by atoms with Crippen LogP contribution in [0.3, 0.4) is 0 Å². The molecule has 0 aliphatic rings. The molecule has 0 radical (unpaired) electrons. The van der Waals surface area contributed by atoms with Crippen LogP contribution in [-0.4, -0.2) is 5.84 Å². The van der Waals surface area contributed by atoms with E-state index in [1.54, 1.807) is 13.1 Å². The third-order valence-corrected chi connectivity index (χ3v) is 0.253.